The summed E-state index contributed by atoms with van der Waals surface area (Å²) in [6, 6.07) is 10.7. The third-order valence-corrected chi connectivity index (χ3v) is 4.68. The maximum absolute atomic E-state index is 13.1. The Morgan fingerprint density at radius 3 is 2.44 bits per heavy atom. The Bertz CT molecular complexity index is 1070. The predicted octanol–water partition coefficient (Wildman–Crippen LogP) is 4.67. The number of benzene rings is 2. The number of methoxy groups -OCH3 is 1. The minimum Gasteiger partial charge on any atom is -0.471 e. The molecule has 1 heterocycles. The van der Waals surface area contributed by atoms with Gasteiger partial charge in [0.2, 0.25) is 11.2 Å². The fraction of sp³-hybridized carbons (Fsp3) is 0.238. The molecule has 140 valence electrons. The van der Waals surface area contributed by atoms with Gasteiger partial charge in [0.15, 0.2) is 11.9 Å². The number of halogens is 1. The monoisotopic (exact) mass is 386 g/mol. The zero-order valence-corrected chi connectivity index (χ0v) is 16.2. The molecular weight excluding hydrogens is 368 g/mol. The van der Waals surface area contributed by atoms with E-state index in [0.717, 1.165) is 11.1 Å². The minimum absolute atomic E-state index is 0.0517. The summed E-state index contributed by atoms with van der Waals surface area (Å²) in [5, 5.41) is 0.735. The van der Waals surface area contributed by atoms with E-state index in [4.69, 9.17) is 25.5 Å². The highest BCUT2D eigenvalue weighted by molar-refractivity contribution is 6.32. The standard InChI is InChI=1S/C21H19ClO5/c1-11-5-7-14(8-6-11)19-20(26-13(3)21(24)25-4)18(23)15-10-16(22)12(2)9-17(15)27-19/h5-10,13H,1-4H3/t13-/m1/s1. The van der Waals surface area contributed by atoms with Gasteiger partial charge in [0.05, 0.1) is 12.5 Å². The van der Waals surface area contributed by atoms with Crippen molar-refractivity contribution in [2.24, 2.45) is 0 Å². The van der Waals surface area contributed by atoms with Crippen LogP contribution in [-0.2, 0) is 9.53 Å². The Balaban J connectivity index is 2.28. The van der Waals surface area contributed by atoms with E-state index < -0.39 is 17.5 Å². The first-order valence-electron chi connectivity index (χ1n) is 8.40. The number of rotatable bonds is 4. The van der Waals surface area contributed by atoms with Crippen LogP contribution in [0.15, 0.2) is 45.6 Å². The van der Waals surface area contributed by atoms with Crippen LogP contribution in [0.25, 0.3) is 22.3 Å². The molecule has 0 fully saturated rings. The molecule has 3 aromatic rings. The molecule has 0 N–H and O–H groups in total. The summed E-state index contributed by atoms with van der Waals surface area (Å²) in [6.45, 7) is 5.30. The molecule has 0 unspecified atom stereocenters. The quantitative estimate of drug-likeness (QED) is 0.609. The van der Waals surface area contributed by atoms with Gasteiger partial charge in [0.25, 0.3) is 0 Å². The number of carbonyl (C=O) groups is 1. The molecule has 3 rings (SSSR count). The van der Waals surface area contributed by atoms with Crippen molar-refractivity contribution in [1.29, 1.82) is 0 Å². The molecule has 5 nitrogen and oxygen atoms in total. The van der Waals surface area contributed by atoms with Crippen molar-refractivity contribution in [2.75, 3.05) is 7.11 Å². The van der Waals surface area contributed by atoms with Gasteiger partial charge in [-0.05, 0) is 38.5 Å². The first-order chi connectivity index (χ1) is 12.8. The summed E-state index contributed by atoms with van der Waals surface area (Å²) in [5.41, 5.74) is 2.52. The molecule has 2 aromatic carbocycles. The van der Waals surface area contributed by atoms with E-state index in [1.165, 1.54) is 14.0 Å². The Morgan fingerprint density at radius 2 is 1.81 bits per heavy atom. The summed E-state index contributed by atoms with van der Waals surface area (Å²) in [6.07, 6.45) is -0.972. The van der Waals surface area contributed by atoms with Gasteiger partial charge in [-0.25, -0.2) is 4.79 Å². The average Bonchev–Trinajstić information content (AvgIpc) is 2.65. The second-order valence-electron chi connectivity index (χ2n) is 6.34. The second kappa shape index (κ2) is 7.45. The van der Waals surface area contributed by atoms with Crippen LogP contribution >= 0.6 is 11.6 Å². The number of esters is 1. The molecule has 27 heavy (non-hydrogen) atoms. The summed E-state index contributed by atoms with van der Waals surface area (Å²) in [5.74, 6) is -0.388. The van der Waals surface area contributed by atoms with E-state index in [1.54, 1.807) is 12.1 Å². The van der Waals surface area contributed by atoms with E-state index in [9.17, 15) is 9.59 Å². The number of carbonyl (C=O) groups excluding carboxylic acids is 1. The molecule has 0 bridgehead atoms. The highest BCUT2D eigenvalue weighted by Gasteiger charge is 2.23. The molecule has 1 aromatic heterocycles. The Hall–Kier alpha value is -2.79. The van der Waals surface area contributed by atoms with Crippen molar-refractivity contribution < 1.29 is 18.7 Å². The predicted molar refractivity (Wildman–Crippen MR) is 105 cm³/mol. The van der Waals surface area contributed by atoms with E-state index in [2.05, 4.69) is 0 Å². The second-order valence-corrected chi connectivity index (χ2v) is 6.74. The first-order valence-corrected chi connectivity index (χ1v) is 8.78. The molecule has 6 heteroatoms. The number of aryl methyl sites for hydroxylation is 2. The van der Waals surface area contributed by atoms with Gasteiger partial charge in [-0.2, -0.15) is 0 Å². The van der Waals surface area contributed by atoms with Crippen molar-refractivity contribution in [1.82, 2.24) is 0 Å². The number of fused-ring (bicyclic) bond motifs is 1. The fourth-order valence-electron chi connectivity index (χ4n) is 2.69. The molecular formula is C21H19ClO5. The molecule has 0 aliphatic carbocycles. The highest BCUT2D eigenvalue weighted by Crippen LogP contribution is 2.33. The summed E-state index contributed by atoms with van der Waals surface area (Å²) >= 11 is 6.17. The Kier molecular flexibility index (Phi) is 5.24. The van der Waals surface area contributed by atoms with Gasteiger partial charge >= 0.3 is 5.97 Å². The van der Waals surface area contributed by atoms with Crippen LogP contribution < -0.4 is 10.2 Å². The molecule has 0 saturated carbocycles. The Labute approximate surface area is 161 Å². The van der Waals surface area contributed by atoms with Gasteiger partial charge in [-0.3, -0.25) is 4.79 Å². The summed E-state index contributed by atoms with van der Waals surface area (Å²) in [4.78, 5) is 24.9. The molecule has 1 atom stereocenters. The average molecular weight is 387 g/mol. The van der Waals surface area contributed by atoms with Crippen molar-refractivity contribution in [2.45, 2.75) is 26.9 Å². The van der Waals surface area contributed by atoms with E-state index in [0.29, 0.717) is 16.2 Å². The number of hydrogen-bond donors (Lipinski definition) is 0. The van der Waals surface area contributed by atoms with Crippen LogP contribution in [0.1, 0.15) is 18.1 Å². The molecule has 0 saturated heterocycles. The van der Waals surface area contributed by atoms with Crippen LogP contribution in [-0.4, -0.2) is 19.2 Å². The number of hydrogen-bond acceptors (Lipinski definition) is 5. The van der Waals surface area contributed by atoms with Crippen LogP contribution in [0, 0.1) is 13.8 Å². The Morgan fingerprint density at radius 1 is 1.15 bits per heavy atom. The molecule has 0 radical (unpaired) electrons. The van der Waals surface area contributed by atoms with E-state index >= 15 is 0 Å². The first kappa shape index (κ1) is 19.0. The minimum atomic E-state index is -0.972. The van der Waals surface area contributed by atoms with Gasteiger partial charge in [0.1, 0.15) is 5.58 Å². The zero-order valence-electron chi connectivity index (χ0n) is 15.5. The maximum Gasteiger partial charge on any atom is 0.346 e. The van der Waals surface area contributed by atoms with Crippen LogP contribution in [0.2, 0.25) is 5.02 Å². The van der Waals surface area contributed by atoms with Crippen LogP contribution in [0.5, 0.6) is 5.75 Å². The van der Waals surface area contributed by atoms with Gasteiger partial charge in [-0.1, -0.05) is 41.4 Å². The lowest BCUT2D eigenvalue weighted by Gasteiger charge is -2.16. The maximum atomic E-state index is 13.1. The lowest BCUT2D eigenvalue weighted by molar-refractivity contribution is -0.147. The number of ether oxygens (including phenoxy) is 2. The highest BCUT2D eigenvalue weighted by atomic mass is 35.5. The van der Waals surface area contributed by atoms with Gasteiger partial charge < -0.3 is 13.9 Å². The SMILES string of the molecule is COC(=O)[C@@H](C)Oc1c(-c2ccc(C)cc2)oc2cc(C)c(Cl)cc2c1=O. The molecule has 0 amide bonds. The van der Waals surface area contributed by atoms with E-state index in [1.807, 2.05) is 38.1 Å². The van der Waals surface area contributed by atoms with Crippen molar-refractivity contribution in [3.63, 3.8) is 0 Å². The lowest BCUT2D eigenvalue weighted by atomic mass is 10.1. The smallest absolute Gasteiger partial charge is 0.346 e. The molecule has 0 spiro atoms. The van der Waals surface area contributed by atoms with Crippen molar-refractivity contribution >= 4 is 28.5 Å². The topological polar surface area (TPSA) is 65.7 Å². The van der Waals surface area contributed by atoms with Crippen molar-refractivity contribution in [3.8, 4) is 17.1 Å². The van der Waals surface area contributed by atoms with Gasteiger partial charge in [0, 0.05) is 10.6 Å². The third kappa shape index (κ3) is 3.69. The van der Waals surface area contributed by atoms with Gasteiger partial charge in [-0.15, -0.1) is 0 Å². The largest absolute Gasteiger partial charge is 0.471 e. The lowest BCUT2D eigenvalue weighted by Crippen LogP contribution is -2.27. The molecule has 0 aliphatic rings. The summed E-state index contributed by atoms with van der Waals surface area (Å²) in [7, 11) is 1.26. The van der Waals surface area contributed by atoms with E-state index in [-0.39, 0.29) is 16.9 Å². The normalized spacial score (nSPS) is 12.0. The van der Waals surface area contributed by atoms with Crippen LogP contribution in [0.3, 0.4) is 0 Å². The molecule has 0 aliphatic heterocycles. The fourth-order valence-corrected chi connectivity index (χ4v) is 2.86. The van der Waals surface area contributed by atoms with Crippen LogP contribution in [0.4, 0.5) is 0 Å². The zero-order chi connectivity index (χ0) is 19.7. The third-order valence-electron chi connectivity index (χ3n) is 4.27. The van der Waals surface area contributed by atoms with Crippen molar-refractivity contribution in [3.05, 3.63) is 62.8 Å². The summed E-state index contributed by atoms with van der Waals surface area (Å²) < 4.78 is 16.4.